The number of hydrogen-bond acceptors (Lipinski definition) is 4. The number of hydrogen-bond donors (Lipinski definition) is 1. The van der Waals surface area contributed by atoms with Gasteiger partial charge in [-0.2, -0.15) is 0 Å². The van der Waals surface area contributed by atoms with Crippen LogP contribution in [0.15, 0.2) is 47.9 Å². The molecule has 1 aromatic heterocycles. The second-order valence-electron chi connectivity index (χ2n) is 4.56. The topological polar surface area (TPSA) is 54.7 Å². The maximum absolute atomic E-state index is 9.05. The summed E-state index contributed by atoms with van der Waals surface area (Å²) in [7, 11) is 0. The monoisotopic (exact) mass is 270 g/mol. The lowest BCUT2D eigenvalue weighted by atomic mass is 10.1. The molecule has 0 aliphatic carbocycles. The molecular weight excluding hydrogens is 252 g/mol. The van der Waals surface area contributed by atoms with Crippen LogP contribution in [-0.4, -0.2) is 15.9 Å². The molecule has 20 heavy (non-hydrogen) atoms. The van der Waals surface area contributed by atoms with Crippen LogP contribution in [0.25, 0.3) is 0 Å². The fraction of sp³-hybridized carbons (Fsp3) is 0.250. The maximum Gasteiger partial charge on any atom is 0.128 e. The summed E-state index contributed by atoms with van der Waals surface area (Å²) in [6.07, 6.45) is 4.24. The van der Waals surface area contributed by atoms with Crippen molar-refractivity contribution in [3.63, 3.8) is 0 Å². The van der Waals surface area contributed by atoms with Crippen molar-refractivity contribution < 1.29 is 9.94 Å². The molecule has 4 nitrogen and oxygen atoms in total. The third kappa shape index (κ3) is 3.35. The van der Waals surface area contributed by atoms with Gasteiger partial charge in [0, 0.05) is 23.5 Å². The molecule has 0 aliphatic heterocycles. The summed E-state index contributed by atoms with van der Waals surface area (Å²) in [5, 5.41) is 12.4. The average molecular weight is 270 g/mol. The first kappa shape index (κ1) is 14.1. The van der Waals surface area contributed by atoms with E-state index in [9.17, 15) is 0 Å². The maximum atomic E-state index is 9.05. The molecular formula is C16H18N2O2. The number of pyridine rings is 1. The Bertz CT molecular complexity index is 609. The van der Waals surface area contributed by atoms with Crippen LogP contribution >= 0.6 is 0 Å². The second kappa shape index (κ2) is 6.70. The van der Waals surface area contributed by atoms with Crippen LogP contribution in [0.5, 0.6) is 5.75 Å². The van der Waals surface area contributed by atoms with E-state index in [4.69, 9.17) is 9.94 Å². The summed E-state index contributed by atoms with van der Waals surface area (Å²) in [4.78, 5) is 4.14. The largest absolute Gasteiger partial charge is 0.488 e. The molecule has 2 rings (SSSR count). The van der Waals surface area contributed by atoms with E-state index in [1.165, 1.54) is 0 Å². The third-order valence-corrected chi connectivity index (χ3v) is 2.98. The molecule has 0 radical (unpaired) electrons. The minimum atomic E-state index is 0.439. The van der Waals surface area contributed by atoms with Crippen LogP contribution in [-0.2, 0) is 6.61 Å². The van der Waals surface area contributed by atoms with Gasteiger partial charge < -0.3 is 9.94 Å². The number of aromatic nitrogens is 1. The first-order valence-corrected chi connectivity index (χ1v) is 6.58. The SMILES string of the molecule is CC/C(=N/O)c1ccccc1OCc1cncc(C)c1. The van der Waals surface area contributed by atoms with Crippen molar-refractivity contribution in [1.82, 2.24) is 4.98 Å². The van der Waals surface area contributed by atoms with Crippen LogP contribution in [0, 0.1) is 6.92 Å². The Hall–Kier alpha value is -2.36. The molecule has 1 N–H and O–H groups in total. The first-order chi connectivity index (χ1) is 9.74. The van der Waals surface area contributed by atoms with E-state index in [1.54, 1.807) is 6.20 Å². The molecule has 2 aromatic rings. The standard InChI is InChI=1S/C16H18N2O2/c1-3-15(18-19)14-6-4-5-7-16(14)20-11-13-8-12(2)9-17-10-13/h4-10,19H,3,11H2,1-2H3/b18-15-. The van der Waals surface area contributed by atoms with Crippen molar-refractivity contribution in [2.75, 3.05) is 0 Å². The van der Waals surface area contributed by atoms with Gasteiger partial charge in [-0.25, -0.2) is 0 Å². The highest BCUT2D eigenvalue weighted by molar-refractivity contribution is 6.02. The molecule has 1 heterocycles. The highest BCUT2D eigenvalue weighted by atomic mass is 16.5. The fourth-order valence-corrected chi connectivity index (χ4v) is 2.00. The second-order valence-corrected chi connectivity index (χ2v) is 4.56. The molecule has 1 aromatic carbocycles. The van der Waals surface area contributed by atoms with E-state index >= 15 is 0 Å². The van der Waals surface area contributed by atoms with Crippen molar-refractivity contribution in [3.8, 4) is 5.75 Å². The Morgan fingerprint density at radius 1 is 1.30 bits per heavy atom. The lowest BCUT2D eigenvalue weighted by Gasteiger charge is -2.11. The van der Waals surface area contributed by atoms with Gasteiger partial charge >= 0.3 is 0 Å². The lowest BCUT2D eigenvalue weighted by molar-refractivity contribution is 0.302. The van der Waals surface area contributed by atoms with Gasteiger partial charge in [0.1, 0.15) is 12.4 Å². The molecule has 0 saturated heterocycles. The van der Waals surface area contributed by atoms with Crippen molar-refractivity contribution in [1.29, 1.82) is 0 Å². The third-order valence-electron chi connectivity index (χ3n) is 2.98. The van der Waals surface area contributed by atoms with E-state index in [-0.39, 0.29) is 0 Å². The van der Waals surface area contributed by atoms with Gasteiger partial charge in [0.15, 0.2) is 0 Å². The summed E-state index contributed by atoms with van der Waals surface area (Å²) >= 11 is 0. The van der Waals surface area contributed by atoms with Gasteiger partial charge in [-0.1, -0.05) is 24.2 Å². The van der Waals surface area contributed by atoms with Crippen LogP contribution in [0.3, 0.4) is 0 Å². The molecule has 0 aliphatic rings. The van der Waals surface area contributed by atoms with Gasteiger partial charge in [-0.15, -0.1) is 0 Å². The Kier molecular flexibility index (Phi) is 4.71. The fourth-order valence-electron chi connectivity index (χ4n) is 2.00. The zero-order valence-electron chi connectivity index (χ0n) is 11.7. The molecule has 0 fully saturated rings. The number of para-hydroxylation sites is 1. The lowest BCUT2D eigenvalue weighted by Crippen LogP contribution is -2.04. The van der Waals surface area contributed by atoms with Gasteiger partial charge in [-0.05, 0) is 37.1 Å². The predicted molar refractivity (Wildman–Crippen MR) is 78.4 cm³/mol. The van der Waals surface area contributed by atoms with Gasteiger partial charge in [0.2, 0.25) is 0 Å². The number of aryl methyl sites for hydroxylation is 1. The Morgan fingerprint density at radius 3 is 2.80 bits per heavy atom. The van der Waals surface area contributed by atoms with Gasteiger partial charge in [0.05, 0.1) is 5.71 Å². The summed E-state index contributed by atoms with van der Waals surface area (Å²) in [6.45, 7) is 4.38. The zero-order chi connectivity index (χ0) is 14.4. The average Bonchev–Trinajstić information content (AvgIpc) is 2.48. The van der Waals surface area contributed by atoms with Crippen LogP contribution < -0.4 is 4.74 Å². The minimum Gasteiger partial charge on any atom is -0.488 e. The van der Waals surface area contributed by atoms with Gasteiger partial charge in [0.25, 0.3) is 0 Å². The van der Waals surface area contributed by atoms with E-state index in [2.05, 4.69) is 10.1 Å². The molecule has 0 bridgehead atoms. The summed E-state index contributed by atoms with van der Waals surface area (Å²) in [6, 6.07) is 9.60. The molecule has 0 atom stereocenters. The van der Waals surface area contributed by atoms with Crippen LogP contribution in [0.2, 0.25) is 0 Å². The predicted octanol–water partition coefficient (Wildman–Crippen LogP) is 3.56. The number of nitrogens with zero attached hydrogens (tertiary/aromatic N) is 2. The smallest absolute Gasteiger partial charge is 0.128 e. The quantitative estimate of drug-likeness (QED) is 0.513. The number of ether oxygens (including phenoxy) is 1. The number of benzene rings is 1. The van der Waals surface area contributed by atoms with Crippen molar-refractivity contribution >= 4 is 5.71 Å². The molecule has 0 unspecified atom stereocenters. The summed E-state index contributed by atoms with van der Waals surface area (Å²) in [5.41, 5.74) is 3.55. The normalized spacial score (nSPS) is 11.4. The van der Waals surface area contributed by atoms with Crippen molar-refractivity contribution in [2.24, 2.45) is 5.16 Å². The molecule has 0 amide bonds. The highest BCUT2D eigenvalue weighted by Gasteiger charge is 2.09. The summed E-state index contributed by atoms with van der Waals surface area (Å²) < 4.78 is 5.83. The van der Waals surface area contributed by atoms with E-state index in [1.807, 2.05) is 50.4 Å². The molecule has 104 valence electrons. The van der Waals surface area contributed by atoms with Crippen LogP contribution in [0.1, 0.15) is 30.0 Å². The molecule has 4 heteroatoms. The number of rotatable bonds is 5. The highest BCUT2D eigenvalue weighted by Crippen LogP contribution is 2.21. The Balaban J connectivity index is 2.18. The van der Waals surface area contributed by atoms with E-state index in [0.29, 0.717) is 24.5 Å². The number of oxime groups is 1. The van der Waals surface area contributed by atoms with Crippen molar-refractivity contribution in [2.45, 2.75) is 26.9 Å². The minimum absolute atomic E-state index is 0.439. The Morgan fingerprint density at radius 2 is 2.10 bits per heavy atom. The van der Waals surface area contributed by atoms with Crippen LogP contribution in [0.4, 0.5) is 0 Å². The molecule has 0 saturated carbocycles. The van der Waals surface area contributed by atoms with E-state index in [0.717, 1.165) is 16.7 Å². The first-order valence-electron chi connectivity index (χ1n) is 6.58. The van der Waals surface area contributed by atoms with Gasteiger partial charge in [-0.3, -0.25) is 4.98 Å². The van der Waals surface area contributed by atoms with Crippen molar-refractivity contribution in [3.05, 3.63) is 59.4 Å². The summed E-state index contributed by atoms with van der Waals surface area (Å²) in [5.74, 6) is 0.712. The van der Waals surface area contributed by atoms with E-state index < -0.39 is 0 Å². The Labute approximate surface area is 118 Å². The zero-order valence-corrected chi connectivity index (χ0v) is 11.7. The molecule has 0 spiro atoms.